The van der Waals surface area contributed by atoms with Crippen LogP contribution in [0.15, 0.2) is 29.2 Å². The Balaban J connectivity index is 3.14. The number of alkyl halides is 3. The van der Waals surface area contributed by atoms with Gasteiger partial charge in [0.25, 0.3) is 9.84 Å². The molecule has 1 atom stereocenters. The van der Waals surface area contributed by atoms with Crippen molar-refractivity contribution in [2.24, 2.45) is 5.92 Å². The number of nitrogens with zero attached hydrogens (tertiary/aromatic N) is 1. The van der Waals surface area contributed by atoms with Crippen molar-refractivity contribution in [1.29, 1.82) is 5.26 Å². The van der Waals surface area contributed by atoms with E-state index < -0.39 is 25.4 Å². The highest BCUT2D eigenvalue weighted by Crippen LogP contribution is 2.36. The van der Waals surface area contributed by atoms with E-state index in [0.717, 1.165) is 6.07 Å². The van der Waals surface area contributed by atoms with Crippen molar-refractivity contribution in [2.75, 3.05) is 11.9 Å². The zero-order valence-corrected chi connectivity index (χ0v) is 11.5. The predicted octanol–water partition coefficient (Wildman–Crippen LogP) is 2.82. The molecule has 0 aliphatic rings. The Morgan fingerprint density at radius 2 is 2.05 bits per heavy atom. The highest BCUT2D eigenvalue weighted by Gasteiger charge is 2.45. The molecule has 4 nitrogen and oxygen atoms in total. The monoisotopic (exact) mass is 308 g/mol. The average molecular weight is 309 g/mol. The molecule has 0 heterocycles. The van der Waals surface area contributed by atoms with Gasteiger partial charge in [0.1, 0.15) is 0 Å². The van der Waals surface area contributed by atoms with Gasteiger partial charge in [-0.3, -0.25) is 0 Å². The molecule has 0 amide bonds. The number of para-hydroxylation sites is 1. The molecule has 0 spiro atoms. The summed E-state index contributed by atoms with van der Waals surface area (Å²) >= 11 is 4.62. The smallest absolute Gasteiger partial charge is 0.383 e. The Hall–Kier alpha value is -1.39. The lowest BCUT2D eigenvalue weighted by Crippen LogP contribution is -2.23. The zero-order chi connectivity index (χ0) is 14.7. The van der Waals surface area contributed by atoms with Crippen molar-refractivity contribution in [3.63, 3.8) is 0 Å². The van der Waals surface area contributed by atoms with Crippen LogP contribution >= 0.6 is 11.6 Å². The number of rotatable bonds is 5. The molecule has 0 saturated heterocycles. The summed E-state index contributed by atoms with van der Waals surface area (Å²) in [4.78, 5) is -0.597. The van der Waals surface area contributed by atoms with Crippen LogP contribution in [0.1, 0.15) is 6.92 Å². The van der Waals surface area contributed by atoms with Gasteiger partial charge in [-0.1, -0.05) is 12.1 Å². The van der Waals surface area contributed by atoms with E-state index in [1.54, 1.807) is 6.92 Å². The highest BCUT2D eigenvalue weighted by atomic mass is 35.5. The summed E-state index contributed by atoms with van der Waals surface area (Å²) in [6.07, 6.45) is 0. The Bertz CT molecular complexity index is 593. The Morgan fingerprint density at radius 1 is 1.47 bits per heavy atom. The van der Waals surface area contributed by atoms with E-state index in [1.165, 1.54) is 18.2 Å². The molecule has 1 N–H and O–H groups in total. The van der Waals surface area contributed by atoms with Gasteiger partial charge < -0.3 is 5.32 Å². The van der Waals surface area contributed by atoms with E-state index in [0.29, 0.717) is 0 Å². The van der Waals surface area contributed by atoms with Crippen LogP contribution in [-0.2, 0) is 9.84 Å². The highest BCUT2D eigenvalue weighted by molar-refractivity contribution is 7.93. The number of halogens is 3. The molecule has 104 valence electrons. The van der Waals surface area contributed by atoms with Gasteiger partial charge in [-0.15, -0.1) is 0 Å². The van der Waals surface area contributed by atoms with Crippen molar-refractivity contribution >= 4 is 27.1 Å². The second kappa shape index (κ2) is 5.72. The van der Waals surface area contributed by atoms with Gasteiger partial charge in [0.2, 0.25) is 0 Å². The predicted molar refractivity (Wildman–Crippen MR) is 67.7 cm³/mol. The second-order valence-electron chi connectivity index (χ2n) is 3.86. The summed E-state index contributed by atoms with van der Waals surface area (Å²) in [7, 11) is -4.98. The van der Waals surface area contributed by atoms with E-state index in [-0.39, 0.29) is 12.2 Å². The third-order valence-corrected chi connectivity index (χ3v) is 4.45. The Kier molecular flexibility index (Phi) is 4.71. The van der Waals surface area contributed by atoms with Gasteiger partial charge in [-0.05, 0) is 30.7 Å². The minimum absolute atomic E-state index is 0.00933. The maximum absolute atomic E-state index is 12.9. The topological polar surface area (TPSA) is 70.0 Å². The molecule has 0 radical (unpaired) electrons. The summed E-state index contributed by atoms with van der Waals surface area (Å²) in [5.41, 5.74) is -0.00933. The van der Waals surface area contributed by atoms with Crippen molar-refractivity contribution < 1.29 is 17.2 Å². The molecule has 8 heteroatoms. The van der Waals surface area contributed by atoms with Gasteiger partial charge in [0.15, 0.2) is 0 Å². The largest absolute Gasteiger partial charge is 0.427 e. The minimum atomic E-state index is -4.98. The number of nitrogens with one attached hydrogen (secondary N) is 1. The summed E-state index contributed by atoms with van der Waals surface area (Å²) in [5.74, 6) is -0.396. The van der Waals surface area contributed by atoms with E-state index in [4.69, 9.17) is 5.26 Å². The van der Waals surface area contributed by atoms with Crippen LogP contribution < -0.4 is 5.32 Å². The van der Waals surface area contributed by atoms with Crippen LogP contribution in [0.25, 0.3) is 0 Å². The molecular formula is C11H11ClF2N2O2S. The van der Waals surface area contributed by atoms with Crippen LogP contribution in [-0.4, -0.2) is 19.7 Å². The van der Waals surface area contributed by atoms with Crippen molar-refractivity contribution in [2.45, 2.75) is 16.5 Å². The molecule has 19 heavy (non-hydrogen) atoms. The average Bonchev–Trinajstić information content (AvgIpc) is 2.34. The minimum Gasteiger partial charge on any atom is -0.383 e. The Labute approximate surface area is 114 Å². The van der Waals surface area contributed by atoms with E-state index in [2.05, 4.69) is 16.9 Å². The van der Waals surface area contributed by atoms with Gasteiger partial charge in [0, 0.05) is 6.54 Å². The fraction of sp³-hybridized carbons (Fsp3) is 0.364. The first kappa shape index (κ1) is 15.7. The molecule has 0 aromatic heterocycles. The molecule has 0 aliphatic heterocycles. The fourth-order valence-electron chi connectivity index (χ4n) is 1.28. The lowest BCUT2D eigenvalue weighted by atomic mass is 10.2. The summed E-state index contributed by atoms with van der Waals surface area (Å²) in [5, 5.41) is 11.3. The van der Waals surface area contributed by atoms with Crippen LogP contribution in [0.2, 0.25) is 0 Å². The van der Waals surface area contributed by atoms with Crippen LogP contribution in [0.4, 0.5) is 14.5 Å². The van der Waals surface area contributed by atoms with E-state index in [1.807, 2.05) is 6.07 Å². The summed E-state index contributed by atoms with van der Waals surface area (Å²) < 4.78 is 44.7. The van der Waals surface area contributed by atoms with Crippen molar-refractivity contribution in [3.8, 4) is 6.07 Å². The number of hydrogen-bond donors (Lipinski definition) is 1. The summed E-state index contributed by atoms with van der Waals surface area (Å²) in [6, 6.07) is 7.11. The lowest BCUT2D eigenvalue weighted by Gasteiger charge is -2.15. The van der Waals surface area contributed by atoms with Gasteiger partial charge in [0.05, 0.1) is 22.6 Å². The first-order chi connectivity index (χ1) is 8.70. The quantitative estimate of drug-likeness (QED) is 0.849. The number of nitriles is 1. The van der Waals surface area contributed by atoms with Crippen molar-refractivity contribution in [3.05, 3.63) is 24.3 Å². The maximum atomic E-state index is 12.9. The molecule has 0 saturated carbocycles. The number of anilines is 1. The standard InChI is InChI=1S/C11H11ClF2N2O2S/c1-8(6-15)7-16-9-4-2-3-5-10(9)19(17,18)11(12,13)14/h2-5,8,16H,7H2,1H3. The molecule has 0 bridgehead atoms. The van der Waals surface area contributed by atoms with E-state index >= 15 is 0 Å². The first-order valence-electron chi connectivity index (χ1n) is 5.24. The zero-order valence-electron chi connectivity index (χ0n) is 9.90. The number of sulfone groups is 1. The Morgan fingerprint density at radius 3 is 2.58 bits per heavy atom. The van der Waals surface area contributed by atoms with Gasteiger partial charge in [-0.2, -0.15) is 14.0 Å². The van der Waals surface area contributed by atoms with Gasteiger partial charge >= 0.3 is 4.71 Å². The molecule has 1 aromatic carbocycles. The van der Waals surface area contributed by atoms with Crippen LogP contribution in [0.5, 0.6) is 0 Å². The summed E-state index contributed by atoms with van der Waals surface area (Å²) in [6.45, 7) is 1.75. The SMILES string of the molecule is CC(C#N)CNc1ccccc1S(=O)(=O)C(F)(F)Cl. The normalized spacial score (nSPS) is 13.6. The third kappa shape index (κ3) is 3.55. The van der Waals surface area contributed by atoms with Crippen LogP contribution in [0, 0.1) is 17.2 Å². The van der Waals surface area contributed by atoms with Gasteiger partial charge in [-0.25, -0.2) is 8.42 Å². The first-order valence-corrected chi connectivity index (χ1v) is 7.10. The molecule has 0 aliphatic carbocycles. The number of benzene rings is 1. The molecular weight excluding hydrogens is 298 g/mol. The lowest BCUT2D eigenvalue weighted by molar-refractivity contribution is 0.187. The third-order valence-electron chi connectivity index (χ3n) is 2.30. The van der Waals surface area contributed by atoms with E-state index in [9.17, 15) is 17.2 Å². The second-order valence-corrected chi connectivity index (χ2v) is 6.51. The maximum Gasteiger partial charge on any atom is 0.427 e. The molecule has 1 aromatic rings. The van der Waals surface area contributed by atoms with Crippen molar-refractivity contribution in [1.82, 2.24) is 0 Å². The van der Waals surface area contributed by atoms with Crippen LogP contribution in [0.3, 0.4) is 0 Å². The molecule has 1 rings (SSSR count). The number of hydrogen-bond acceptors (Lipinski definition) is 4. The fourth-order valence-corrected chi connectivity index (χ4v) is 2.47. The molecule has 1 unspecified atom stereocenters. The molecule has 0 fully saturated rings.